The van der Waals surface area contributed by atoms with E-state index in [-0.39, 0.29) is 23.7 Å². The Bertz CT molecular complexity index is 1250. The van der Waals surface area contributed by atoms with Gasteiger partial charge in [-0.15, -0.1) is 0 Å². The molecule has 3 rings (SSSR count). The third-order valence-corrected chi connectivity index (χ3v) is 7.08. The molecule has 1 aromatic heterocycles. The molecule has 0 unspecified atom stereocenters. The van der Waals surface area contributed by atoms with E-state index in [1.54, 1.807) is 30.3 Å². The average Bonchev–Trinajstić information content (AvgIpc) is 3.22. The van der Waals surface area contributed by atoms with Crippen molar-refractivity contribution in [2.45, 2.75) is 46.2 Å². The second kappa shape index (κ2) is 11.5. The fourth-order valence-electron chi connectivity index (χ4n) is 3.51. The van der Waals surface area contributed by atoms with Crippen LogP contribution in [-0.2, 0) is 19.9 Å². The fraction of sp³-hybridized carbons (Fsp3) is 0.320. The van der Waals surface area contributed by atoms with Gasteiger partial charge >= 0.3 is 0 Å². The van der Waals surface area contributed by atoms with E-state index in [0.29, 0.717) is 26.3 Å². The number of nitrogens with zero attached hydrogens (tertiary/aromatic N) is 2. The van der Waals surface area contributed by atoms with Gasteiger partial charge in [0.25, 0.3) is 11.8 Å². The van der Waals surface area contributed by atoms with Gasteiger partial charge in [-0.3, -0.25) is 14.3 Å². The molecule has 0 fully saturated rings. The fourth-order valence-corrected chi connectivity index (χ4v) is 4.33. The minimum absolute atomic E-state index is 0.188. The van der Waals surface area contributed by atoms with E-state index in [0.717, 1.165) is 11.1 Å². The van der Waals surface area contributed by atoms with E-state index in [9.17, 15) is 18.4 Å². The summed E-state index contributed by atoms with van der Waals surface area (Å²) in [6.45, 7) is 4.33. The van der Waals surface area contributed by atoms with Crippen LogP contribution in [0.3, 0.4) is 0 Å². The van der Waals surface area contributed by atoms with E-state index >= 15 is 0 Å². The van der Waals surface area contributed by atoms with Crippen molar-refractivity contribution in [3.8, 4) is 0 Å². The summed E-state index contributed by atoms with van der Waals surface area (Å²) in [5.41, 5.74) is 2.70. The van der Waals surface area contributed by atoms with Crippen LogP contribution >= 0.6 is 35.2 Å². The number of nitrogens with one attached hydrogen (secondary N) is 2. The van der Waals surface area contributed by atoms with E-state index in [4.69, 9.17) is 0 Å². The lowest BCUT2D eigenvalue weighted by atomic mass is 10.0. The quantitative estimate of drug-likeness (QED) is 0.222. The molecule has 35 heavy (non-hydrogen) atoms. The number of carbonyl (C=O) groups excluding carboxylic acids is 2. The highest BCUT2D eigenvalue weighted by atomic mass is 127. The molecule has 2 aromatic carbocycles. The number of benzene rings is 2. The summed E-state index contributed by atoms with van der Waals surface area (Å²) in [5, 5.41) is 9.89. The molecular weight excluding hydrogens is 585 g/mol. The number of rotatable bonds is 9. The number of hydrogen-bond donors (Lipinski definition) is 3. The molecule has 2 N–H and O–H groups in total. The molecule has 0 aliphatic rings. The summed E-state index contributed by atoms with van der Waals surface area (Å²) in [6.07, 6.45) is 0. The van der Waals surface area contributed by atoms with Crippen LogP contribution in [0.25, 0.3) is 0 Å². The van der Waals surface area contributed by atoms with Crippen molar-refractivity contribution < 1.29 is 18.4 Å². The van der Waals surface area contributed by atoms with Gasteiger partial charge in [-0.25, -0.2) is 8.78 Å². The lowest BCUT2D eigenvalue weighted by Gasteiger charge is -2.25. The first-order valence-electron chi connectivity index (χ1n) is 10.9. The predicted molar refractivity (Wildman–Crippen MR) is 145 cm³/mol. The van der Waals surface area contributed by atoms with Crippen molar-refractivity contribution in [3.05, 3.63) is 79.7 Å². The Morgan fingerprint density at radius 2 is 1.86 bits per heavy atom. The second-order valence-corrected chi connectivity index (χ2v) is 10.3. The highest BCUT2D eigenvalue weighted by molar-refractivity contribution is 14.1. The van der Waals surface area contributed by atoms with Gasteiger partial charge in [0.1, 0.15) is 13.3 Å². The number of carbonyl (C=O) groups is 2. The van der Waals surface area contributed by atoms with Gasteiger partial charge in [-0.2, -0.15) is 17.7 Å². The lowest BCUT2D eigenvalue weighted by molar-refractivity contribution is 0.0909. The minimum atomic E-state index is -0.755. The molecule has 0 bridgehead atoms. The molecule has 6 nitrogen and oxygen atoms in total. The van der Waals surface area contributed by atoms with Crippen molar-refractivity contribution in [2.24, 2.45) is 0 Å². The molecule has 0 spiro atoms. The van der Waals surface area contributed by atoms with E-state index in [1.807, 2.05) is 49.4 Å². The number of hydrogen-bond acceptors (Lipinski definition) is 4. The van der Waals surface area contributed by atoms with Crippen molar-refractivity contribution >= 4 is 52.7 Å². The maximum Gasteiger partial charge on any atom is 0.256 e. The molecule has 0 aliphatic heterocycles. The SMILES string of the molecule is Cc1cc(Cn2nc(CF)cc2CF)ccc1NC(=O)c1cccc(I)c1C(=O)NC(C)(C)CS. The summed E-state index contributed by atoms with van der Waals surface area (Å²) in [6, 6.07) is 11.9. The van der Waals surface area contributed by atoms with Crippen molar-refractivity contribution in [1.82, 2.24) is 15.1 Å². The van der Waals surface area contributed by atoms with Gasteiger partial charge in [0, 0.05) is 20.5 Å². The molecule has 10 heteroatoms. The summed E-state index contributed by atoms with van der Waals surface area (Å²) in [7, 11) is 0. The monoisotopic (exact) mass is 612 g/mol. The molecular formula is C25H27F2IN4O2S. The Morgan fingerprint density at radius 1 is 1.11 bits per heavy atom. The zero-order valence-corrected chi connectivity index (χ0v) is 22.7. The summed E-state index contributed by atoms with van der Waals surface area (Å²) in [5.74, 6) is -0.315. The molecule has 3 aromatic rings. The molecule has 0 atom stereocenters. The Kier molecular flexibility index (Phi) is 8.92. The highest BCUT2D eigenvalue weighted by Crippen LogP contribution is 2.23. The highest BCUT2D eigenvalue weighted by Gasteiger charge is 2.25. The molecule has 0 saturated heterocycles. The Labute approximate surface area is 222 Å². The minimum Gasteiger partial charge on any atom is -0.346 e. The first kappa shape index (κ1) is 27.1. The number of amides is 2. The van der Waals surface area contributed by atoms with Crippen LogP contribution in [0.4, 0.5) is 14.5 Å². The zero-order valence-electron chi connectivity index (χ0n) is 19.7. The van der Waals surface area contributed by atoms with Gasteiger partial charge < -0.3 is 10.6 Å². The van der Waals surface area contributed by atoms with E-state index in [1.165, 1.54) is 10.7 Å². The third-order valence-electron chi connectivity index (χ3n) is 5.39. The summed E-state index contributed by atoms with van der Waals surface area (Å²) < 4.78 is 28.3. The number of halogens is 3. The number of aromatic nitrogens is 2. The van der Waals surface area contributed by atoms with Crippen molar-refractivity contribution in [2.75, 3.05) is 11.1 Å². The summed E-state index contributed by atoms with van der Waals surface area (Å²) >= 11 is 6.32. The first-order chi connectivity index (χ1) is 16.6. The van der Waals surface area contributed by atoms with Gasteiger partial charge in [0.05, 0.1) is 29.1 Å². The van der Waals surface area contributed by atoms with Gasteiger partial charge in [0.2, 0.25) is 0 Å². The van der Waals surface area contributed by atoms with Gasteiger partial charge in [0.15, 0.2) is 0 Å². The van der Waals surface area contributed by atoms with Gasteiger partial charge in [-0.05, 0) is 78.8 Å². The molecule has 0 radical (unpaired) electrons. The molecule has 1 heterocycles. The van der Waals surface area contributed by atoms with Gasteiger partial charge in [-0.1, -0.05) is 18.2 Å². The maximum atomic E-state index is 13.3. The lowest BCUT2D eigenvalue weighted by Crippen LogP contribution is -2.45. The smallest absolute Gasteiger partial charge is 0.256 e. The van der Waals surface area contributed by atoms with Crippen LogP contribution in [-0.4, -0.2) is 32.9 Å². The first-order valence-corrected chi connectivity index (χ1v) is 12.6. The topological polar surface area (TPSA) is 76.0 Å². The number of aryl methyl sites for hydroxylation is 1. The van der Waals surface area contributed by atoms with Crippen LogP contribution in [0, 0.1) is 10.5 Å². The van der Waals surface area contributed by atoms with Crippen molar-refractivity contribution in [3.63, 3.8) is 0 Å². The van der Waals surface area contributed by atoms with Crippen LogP contribution in [0.5, 0.6) is 0 Å². The van der Waals surface area contributed by atoms with E-state index in [2.05, 4.69) is 28.4 Å². The number of thiol groups is 1. The molecule has 2 amide bonds. The van der Waals surface area contributed by atoms with E-state index < -0.39 is 24.8 Å². The molecule has 186 valence electrons. The zero-order chi connectivity index (χ0) is 25.8. The van der Waals surface area contributed by atoms with Crippen LogP contribution in [0.2, 0.25) is 0 Å². The second-order valence-electron chi connectivity index (χ2n) is 8.81. The largest absolute Gasteiger partial charge is 0.346 e. The maximum absolute atomic E-state index is 13.3. The Hall–Kier alpha value is -2.47. The van der Waals surface area contributed by atoms with Crippen LogP contribution < -0.4 is 10.6 Å². The number of alkyl halides is 2. The standard InChI is InChI=1S/C25H27F2IN4O2S/c1-15-9-16(13-32-18(12-27)10-17(11-26)31-32)7-8-21(15)29-23(33)19-5-4-6-20(28)22(19)24(34)30-25(2,3)14-35/h4-10,35H,11-14H2,1-3H3,(H,29,33)(H,30,34). The van der Waals surface area contributed by atoms with Crippen molar-refractivity contribution in [1.29, 1.82) is 0 Å². The molecule has 0 aliphatic carbocycles. The Balaban J connectivity index is 1.82. The third kappa shape index (κ3) is 6.60. The van der Waals surface area contributed by atoms with Crippen LogP contribution in [0.1, 0.15) is 57.1 Å². The summed E-state index contributed by atoms with van der Waals surface area (Å²) in [4.78, 5) is 26.2. The number of anilines is 1. The molecule has 0 saturated carbocycles. The normalized spacial score (nSPS) is 11.4. The Morgan fingerprint density at radius 3 is 2.49 bits per heavy atom. The van der Waals surface area contributed by atoms with Crippen LogP contribution in [0.15, 0.2) is 42.5 Å². The predicted octanol–water partition coefficient (Wildman–Crippen LogP) is 5.47. The average molecular weight is 612 g/mol.